The smallest absolute Gasteiger partial charge is 0.0234 e. The number of nitrogens with zero attached hydrogens (tertiary/aromatic N) is 1. The molecule has 1 aliphatic heterocycles. The van der Waals surface area contributed by atoms with E-state index in [1.807, 2.05) is 0 Å². The Hall–Kier alpha value is -0.860. The summed E-state index contributed by atoms with van der Waals surface area (Å²) in [6, 6.07) is 11.0. The van der Waals surface area contributed by atoms with Gasteiger partial charge < -0.3 is 5.73 Å². The van der Waals surface area contributed by atoms with Gasteiger partial charge in [0.15, 0.2) is 0 Å². The van der Waals surface area contributed by atoms with Crippen molar-refractivity contribution < 1.29 is 0 Å². The fourth-order valence-electron chi connectivity index (χ4n) is 2.96. The average molecular weight is 246 g/mol. The Balaban J connectivity index is 1.91. The third-order valence-electron chi connectivity index (χ3n) is 3.69. The van der Waals surface area contributed by atoms with E-state index in [9.17, 15) is 0 Å². The first-order valence-electron chi connectivity index (χ1n) is 6.96. The lowest BCUT2D eigenvalue weighted by atomic mass is 9.83. The van der Waals surface area contributed by atoms with E-state index < -0.39 is 0 Å². The Morgan fingerprint density at radius 3 is 2.44 bits per heavy atom. The quantitative estimate of drug-likeness (QED) is 0.888. The van der Waals surface area contributed by atoms with Crippen LogP contribution < -0.4 is 5.73 Å². The largest absolute Gasteiger partial charge is 0.326 e. The molecular weight excluding hydrogens is 220 g/mol. The van der Waals surface area contributed by atoms with Crippen LogP contribution in [0.1, 0.15) is 32.8 Å². The van der Waals surface area contributed by atoms with Gasteiger partial charge in [0.25, 0.3) is 0 Å². The molecule has 2 heteroatoms. The fourth-order valence-corrected chi connectivity index (χ4v) is 2.96. The number of benzene rings is 1. The van der Waals surface area contributed by atoms with E-state index in [4.69, 9.17) is 5.73 Å². The second kappa shape index (κ2) is 5.41. The van der Waals surface area contributed by atoms with Crippen molar-refractivity contribution in [3.63, 3.8) is 0 Å². The van der Waals surface area contributed by atoms with E-state index in [-0.39, 0.29) is 0 Å². The zero-order valence-electron chi connectivity index (χ0n) is 11.9. The molecule has 18 heavy (non-hydrogen) atoms. The zero-order chi connectivity index (χ0) is 13.2. The van der Waals surface area contributed by atoms with Crippen molar-refractivity contribution in [3.05, 3.63) is 35.9 Å². The van der Waals surface area contributed by atoms with Crippen molar-refractivity contribution >= 4 is 0 Å². The van der Waals surface area contributed by atoms with Crippen LogP contribution in [0.3, 0.4) is 0 Å². The molecule has 2 N–H and O–H groups in total. The number of likely N-dealkylation sites (tertiary alicyclic amines) is 1. The summed E-state index contributed by atoms with van der Waals surface area (Å²) in [6.45, 7) is 10.1. The molecule has 1 aromatic carbocycles. The van der Waals surface area contributed by atoms with Crippen LogP contribution in [-0.2, 0) is 6.54 Å². The summed E-state index contributed by atoms with van der Waals surface area (Å²) < 4.78 is 0. The molecule has 1 aliphatic rings. The summed E-state index contributed by atoms with van der Waals surface area (Å²) in [4.78, 5) is 2.50. The van der Waals surface area contributed by atoms with E-state index in [1.54, 1.807) is 0 Å². The molecule has 2 atom stereocenters. The second-order valence-electron chi connectivity index (χ2n) is 6.87. The molecule has 1 saturated heterocycles. The first-order valence-corrected chi connectivity index (χ1v) is 6.96. The van der Waals surface area contributed by atoms with Crippen LogP contribution in [0.2, 0.25) is 0 Å². The molecule has 1 aromatic rings. The minimum absolute atomic E-state index is 0.341. The average Bonchev–Trinajstić information content (AvgIpc) is 2.58. The van der Waals surface area contributed by atoms with E-state index in [0.717, 1.165) is 19.6 Å². The van der Waals surface area contributed by atoms with Crippen molar-refractivity contribution in [1.29, 1.82) is 0 Å². The molecule has 0 saturated carbocycles. The summed E-state index contributed by atoms with van der Waals surface area (Å²) in [5, 5.41) is 0. The predicted octanol–water partition coefficient (Wildman–Crippen LogP) is 2.88. The van der Waals surface area contributed by atoms with E-state index >= 15 is 0 Å². The molecule has 0 amide bonds. The van der Waals surface area contributed by atoms with E-state index in [2.05, 4.69) is 56.0 Å². The molecule has 0 spiro atoms. The summed E-state index contributed by atoms with van der Waals surface area (Å²) in [6.07, 6.45) is 1.22. The topological polar surface area (TPSA) is 29.3 Å². The van der Waals surface area contributed by atoms with Crippen LogP contribution in [0.5, 0.6) is 0 Å². The van der Waals surface area contributed by atoms with Crippen molar-refractivity contribution in [3.8, 4) is 0 Å². The van der Waals surface area contributed by atoms with Gasteiger partial charge in [-0.25, -0.2) is 0 Å². The van der Waals surface area contributed by atoms with Gasteiger partial charge >= 0.3 is 0 Å². The molecule has 0 aliphatic carbocycles. The van der Waals surface area contributed by atoms with Crippen LogP contribution in [0.25, 0.3) is 0 Å². The highest BCUT2D eigenvalue weighted by atomic mass is 15.2. The molecule has 0 unspecified atom stereocenters. The molecule has 0 radical (unpaired) electrons. The lowest BCUT2D eigenvalue weighted by molar-refractivity contribution is 0.265. The maximum Gasteiger partial charge on any atom is 0.0234 e. The van der Waals surface area contributed by atoms with E-state index in [0.29, 0.717) is 17.4 Å². The Labute approximate surface area is 111 Å². The van der Waals surface area contributed by atoms with Gasteiger partial charge in [-0.3, -0.25) is 4.90 Å². The molecule has 2 rings (SSSR count). The predicted molar refractivity (Wildman–Crippen MR) is 77.3 cm³/mol. The number of rotatable bonds is 3. The second-order valence-corrected chi connectivity index (χ2v) is 6.87. The van der Waals surface area contributed by atoms with Gasteiger partial charge in [-0.05, 0) is 23.3 Å². The van der Waals surface area contributed by atoms with Crippen molar-refractivity contribution in [2.75, 3.05) is 13.1 Å². The van der Waals surface area contributed by atoms with Crippen LogP contribution in [-0.4, -0.2) is 24.0 Å². The molecule has 100 valence electrons. The fraction of sp³-hybridized carbons (Fsp3) is 0.625. The van der Waals surface area contributed by atoms with Gasteiger partial charge in [-0.15, -0.1) is 0 Å². The van der Waals surface area contributed by atoms with Crippen molar-refractivity contribution in [1.82, 2.24) is 4.90 Å². The number of hydrogen-bond donors (Lipinski definition) is 1. The Bertz CT molecular complexity index is 366. The Kier molecular flexibility index (Phi) is 4.08. The van der Waals surface area contributed by atoms with E-state index in [1.165, 1.54) is 12.0 Å². The normalized spacial score (nSPS) is 25.6. The van der Waals surface area contributed by atoms with Crippen LogP contribution >= 0.6 is 0 Å². The van der Waals surface area contributed by atoms with Gasteiger partial charge in [0.1, 0.15) is 0 Å². The highest BCUT2D eigenvalue weighted by Gasteiger charge is 2.32. The van der Waals surface area contributed by atoms with Crippen LogP contribution in [0.15, 0.2) is 30.3 Å². The van der Waals surface area contributed by atoms with Crippen molar-refractivity contribution in [2.24, 2.45) is 17.1 Å². The van der Waals surface area contributed by atoms with Gasteiger partial charge in [-0.1, -0.05) is 51.1 Å². The minimum atomic E-state index is 0.341. The third-order valence-corrected chi connectivity index (χ3v) is 3.69. The summed E-state index contributed by atoms with van der Waals surface area (Å²) in [7, 11) is 0. The summed E-state index contributed by atoms with van der Waals surface area (Å²) >= 11 is 0. The maximum atomic E-state index is 6.29. The molecule has 0 aromatic heterocycles. The number of nitrogens with two attached hydrogens (primary N) is 1. The van der Waals surface area contributed by atoms with Gasteiger partial charge in [0.2, 0.25) is 0 Å². The number of hydrogen-bond acceptors (Lipinski definition) is 2. The lowest BCUT2D eigenvalue weighted by Gasteiger charge is -2.25. The SMILES string of the molecule is CC(C)(C)C[C@H]1CN(Cc2ccccc2)C[C@@H]1N. The molecule has 0 bridgehead atoms. The summed E-state index contributed by atoms with van der Waals surface area (Å²) in [5.41, 5.74) is 8.06. The van der Waals surface area contributed by atoms with Crippen molar-refractivity contribution in [2.45, 2.75) is 39.8 Å². The highest BCUT2D eigenvalue weighted by molar-refractivity contribution is 5.14. The van der Waals surface area contributed by atoms with Crippen LogP contribution in [0.4, 0.5) is 0 Å². The lowest BCUT2D eigenvalue weighted by Crippen LogP contribution is -2.31. The molecule has 2 nitrogen and oxygen atoms in total. The minimum Gasteiger partial charge on any atom is -0.326 e. The monoisotopic (exact) mass is 246 g/mol. The molecule has 1 fully saturated rings. The van der Waals surface area contributed by atoms with Gasteiger partial charge in [0, 0.05) is 25.7 Å². The Morgan fingerprint density at radius 2 is 1.83 bits per heavy atom. The third kappa shape index (κ3) is 3.82. The maximum absolute atomic E-state index is 6.29. The molecule has 1 heterocycles. The van der Waals surface area contributed by atoms with Gasteiger partial charge in [0.05, 0.1) is 0 Å². The first-order chi connectivity index (χ1) is 8.44. The molecular formula is C16H26N2. The van der Waals surface area contributed by atoms with Gasteiger partial charge in [-0.2, -0.15) is 0 Å². The Morgan fingerprint density at radius 1 is 1.17 bits per heavy atom. The summed E-state index contributed by atoms with van der Waals surface area (Å²) in [5.74, 6) is 0.647. The standard InChI is InChI=1S/C16H26N2/c1-16(2,3)9-14-11-18(12-15(14)17)10-13-7-5-4-6-8-13/h4-8,14-15H,9-12,17H2,1-3H3/t14-,15-/m0/s1. The first kappa shape index (κ1) is 13.6. The highest BCUT2D eigenvalue weighted by Crippen LogP contribution is 2.30. The zero-order valence-corrected chi connectivity index (χ0v) is 11.9. The van der Waals surface area contributed by atoms with Crippen LogP contribution in [0, 0.1) is 11.3 Å².